The van der Waals surface area contributed by atoms with Crippen LogP contribution in [0, 0.1) is 0 Å². The van der Waals surface area contributed by atoms with Gasteiger partial charge in [0, 0.05) is 19.1 Å². The minimum Gasteiger partial charge on any atom is -0.496 e. The summed E-state index contributed by atoms with van der Waals surface area (Å²) < 4.78 is 44.8. The van der Waals surface area contributed by atoms with Gasteiger partial charge in [-0.15, -0.1) is 0 Å². The Labute approximate surface area is 189 Å². The van der Waals surface area contributed by atoms with Gasteiger partial charge >= 0.3 is 0 Å². The van der Waals surface area contributed by atoms with Crippen molar-refractivity contribution in [2.75, 3.05) is 34.4 Å². The number of nitrogens with one attached hydrogen (secondary N) is 1. The van der Waals surface area contributed by atoms with Gasteiger partial charge in [0.15, 0.2) is 11.5 Å². The number of likely N-dealkylation sites (tertiary alicyclic amines) is 1. The molecule has 1 aliphatic rings. The van der Waals surface area contributed by atoms with Crippen LogP contribution < -0.4 is 18.9 Å². The highest BCUT2D eigenvalue weighted by molar-refractivity contribution is 7.89. The summed E-state index contributed by atoms with van der Waals surface area (Å²) in [5.74, 6) is 1.20. The molecule has 0 aromatic heterocycles. The third-order valence-electron chi connectivity index (χ3n) is 5.59. The fourth-order valence-electron chi connectivity index (χ4n) is 3.78. The van der Waals surface area contributed by atoms with E-state index in [4.69, 9.17) is 14.2 Å². The van der Waals surface area contributed by atoms with Crippen molar-refractivity contribution in [1.29, 1.82) is 0 Å². The number of carbonyl (C=O) groups is 1. The second-order valence-corrected chi connectivity index (χ2v) is 9.39. The molecular weight excluding hydrogens is 432 g/mol. The van der Waals surface area contributed by atoms with E-state index in [0.717, 1.165) is 19.3 Å². The Balaban J connectivity index is 1.87. The highest BCUT2D eigenvalue weighted by Crippen LogP contribution is 2.31. The maximum atomic E-state index is 13.1. The van der Waals surface area contributed by atoms with E-state index in [0.29, 0.717) is 35.9 Å². The summed E-state index contributed by atoms with van der Waals surface area (Å²) >= 11 is 0. The number of hydrogen-bond donors (Lipinski definition) is 1. The van der Waals surface area contributed by atoms with Gasteiger partial charge < -0.3 is 19.1 Å². The molecule has 8 nitrogen and oxygen atoms in total. The molecular formula is C23H30N2O6S. The first-order chi connectivity index (χ1) is 15.3. The lowest BCUT2D eigenvalue weighted by molar-refractivity contribution is 0.0720. The highest BCUT2D eigenvalue weighted by atomic mass is 32.2. The largest absolute Gasteiger partial charge is 0.496 e. The Bertz CT molecular complexity index is 1060. The van der Waals surface area contributed by atoms with Crippen LogP contribution in [0.3, 0.4) is 0 Å². The van der Waals surface area contributed by atoms with Crippen molar-refractivity contribution in [1.82, 2.24) is 9.62 Å². The lowest BCUT2D eigenvalue weighted by atomic mass is 10.1. The first-order valence-electron chi connectivity index (χ1n) is 10.5. The number of ether oxygens (including phenoxy) is 3. The van der Waals surface area contributed by atoms with Gasteiger partial charge in [0.05, 0.1) is 31.8 Å². The zero-order valence-electron chi connectivity index (χ0n) is 18.9. The van der Waals surface area contributed by atoms with Crippen LogP contribution in [0.2, 0.25) is 0 Å². The average molecular weight is 463 g/mol. The minimum atomic E-state index is -3.90. The van der Waals surface area contributed by atoms with Crippen LogP contribution in [0.5, 0.6) is 17.2 Å². The summed E-state index contributed by atoms with van der Waals surface area (Å²) in [7, 11) is 0.623. The molecule has 0 unspecified atom stereocenters. The molecule has 1 N–H and O–H groups in total. The molecule has 1 aliphatic heterocycles. The molecule has 2 aromatic rings. The van der Waals surface area contributed by atoms with Gasteiger partial charge in [-0.3, -0.25) is 4.79 Å². The molecule has 0 radical (unpaired) electrons. The molecule has 1 atom stereocenters. The van der Waals surface area contributed by atoms with Crippen molar-refractivity contribution in [2.24, 2.45) is 0 Å². The molecule has 2 aromatic carbocycles. The summed E-state index contributed by atoms with van der Waals surface area (Å²) in [6, 6.07) is 9.03. The van der Waals surface area contributed by atoms with Crippen LogP contribution in [-0.4, -0.2) is 53.6 Å². The molecule has 1 saturated heterocycles. The minimum absolute atomic E-state index is 0.00554. The fraction of sp³-hybridized carbons (Fsp3) is 0.435. The van der Waals surface area contributed by atoms with Gasteiger partial charge in [-0.2, -0.15) is 0 Å². The van der Waals surface area contributed by atoms with Crippen molar-refractivity contribution in [3.63, 3.8) is 0 Å². The number of benzene rings is 2. The van der Waals surface area contributed by atoms with Crippen molar-refractivity contribution >= 4 is 15.9 Å². The van der Waals surface area contributed by atoms with Crippen LogP contribution in [-0.2, 0) is 10.0 Å². The SMILES string of the molecule is COc1ccc([C@@H](C)NS(=O)(=O)c2ccc(OC)c(C(=O)N3CCCCC3)c2)cc1OC. The number of carbonyl (C=O) groups excluding carboxylic acids is 1. The molecule has 174 valence electrons. The van der Waals surface area contributed by atoms with E-state index in [9.17, 15) is 13.2 Å². The number of methoxy groups -OCH3 is 3. The fourth-order valence-corrected chi connectivity index (χ4v) is 5.04. The van der Waals surface area contributed by atoms with Gasteiger partial charge in [-0.05, 0) is 62.1 Å². The molecule has 1 fully saturated rings. The van der Waals surface area contributed by atoms with Gasteiger partial charge in [0.2, 0.25) is 10.0 Å². The van der Waals surface area contributed by atoms with Crippen molar-refractivity contribution in [2.45, 2.75) is 37.1 Å². The molecule has 0 aliphatic carbocycles. The number of nitrogens with zero attached hydrogens (tertiary/aromatic N) is 1. The Morgan fingerprint density at radius 3 is 2.16 bits per heavy atom. The quantitative estimate of drug-likeness (QED) is 0.646. The van der Waals surface area contributed by atoms with Gasteiger partial charge in [0.25, 0.3) is 5.91 Å². The third kappa shape index (κ3) is 5.16. The summed E-state index contributed by atoms with van der Waals surface area (Å²) in [5.41, 5.74) is 0.959. The molecule has 0 bridgehead atoms. The lowest BCUT2D eigenvalue weighted by Gasteiger charge is -2.27. The van der Waals surface area contributed by atoms with E-state index in [-0.39, 0.29) is 16.4 Å². The Morgan fingerprint density at radius 2 is 1.53 bits per heavy atom. The van der Waals surface area contributed by atoms with Crippen LogP contribution in [0.4, 0.5) is 0 Å². The van der Waals surface area contributed by atoms with E-state index in [1.165, 1.54) is 39.5 Å². The highest BCUT2D eigenvalue weighted by Gasteiger charge is 2.25. The van der Waals surface area contributed by atoms with Crippen molar-refractivity contribution in [3.8, 4) is 17.2 Å². The standard InChI is InChI=1S/C23H30N2O6S/c1-16(17-8-10-21(30-3)22(14-17)31-4)24-32(27,28)18-9-11-20(29-2)19(15-18)23(26)25-12-6-5-7-13-25/h8-11,14-16,24H,5-7,12-13H2,1-4H3/t16-/m1/s1. The average Bonchev–Trinajstić information content (AvgIpc) is 2.82. The van der Waals surface area contributed by atoms with Crippen LogP contribution >= 0.6 is 0 Å². The Hall–Kier alpha value is -2.78. The Kier molecular flexibility index (Phi) is 7.63. The summed E-state index contributed by atoms with van der Waals surface area (Å²) in [6.45, 7) is 3.06. The maximum Gasteiger partial charge on any atom is 0.257 e. The number of amides is 1. The van der Waals surface area contributed by atoms with Crippen molar-refractivity contribution < 1.29 is 27.4 Å². The lowest BCUT2D eigenvalue weighted by Crippen LogP contribution is -2.36. The first kappa shape index (κ1) is 23.9. The summed E-state index contributed by atoms with van der Waals surface area (Å²) in [4.78, 5) is 14.8. The first-order valence-corrected chi connectivity index (χ1v) is 12.0. The maximum absolute atomic E-state index is 13.1. The van der Waals surface area contributed by atoms with Crippen LogP contribution in [0.25, 0.3) is 0 Å². The molecule has 0 spiro atoms. The molecule has 0 saturated carbocycles. The predicted octanol–water partition coefficient (Wildman–Crippen LogP) is 3.38. The topological polar surface area (TPSA) is 94.2 Å². The van der Waals surface area contributed by atoms with Gasteiger partial charge in [0.1, 0.15) is 5.75 Å². The predicted molar refractivity (Wildman–Crippen MR) is 121 cm³/mol. The van der Waals surface area contributed by atoms with E-state index >= 15 is 0 Å². The molecule has 3 rings (SSSR count). The number of hydrogen-bond acceptors (Lipinski definition) is 6. The second-order valence-electron chi connectivity index (χ2n) is 7.67. The zero-order chi connectivity index (χ0) is 23.3. The zero-order valence-corrected chi connectivity index (χ0v) is 19.7. The smallest absolute Gasteiger partial charge is 0.257 e. The number of sulfonamides is 1. The van der Waals surface area contributed by atoms with E-state index in [1.54, 1.807) is 30.0 Å². The van der Waals surface area contributed by atoms with Crippen LogP contribution in [0.1, 0.15) is 48.1 Å². The normalized spacial score (nSPS) is 15.2. The molecule has 9 heteroatoms. The number of rotatable bonds is 8. The molecule has 1 heterocycles. The monoisotopic (exact) mass is 462 g/mol. The van der Waals surface area contributed by atoms with Gasteiger partial charge in [-0.1, -0.05) is 6.07 Å². The van der Waals surface area contributed by atoms with Crippen molar-refractivity contribution in [3.05, 3.63) is 47.5 Å². The third-order valence-corrected chi connectivity index (χ3v) is 7.13. The van der Waals surface area contributed by atoms with E-state index in [2.05, 4.69) is 4.72 Å². The number of piperidine rings is 1. The van der Waals surface area contributed by atoms with E-state index < -0.39 is 16.1 Å². The van der Waals surface area contributed by atoms with Crippen LogP contribution in [0.15, 0.2) is 41.3 Å². The Morgan fingerprint density at radius 1 is 0.906 bits per heavy atom. The summed E-state index contributed by atoms with van der Waals surface area (Å²) in [6.07, 6.45) is 2.97. The summed E-state index contributed by atoms with van der Waals surface area (Å²) in [5, 5.41) is 0. The molecule has 32 heavy (non-hydrogen) atoms. The second kappa shape index (κ2) is 10.2. The van der Waals surface area contributed by atoms with E-state index in [1.807, 2.05) is 0 Å². The van der Waals surface area contributed by atoms with Gasteiger partial charge in [-0.25, -0.2) is 13.1 Å². The molecule has 1 amide bonds.